The van der Waals surface area contributed by atoms with E-state index in [0.29, 0.717) is 13.0 Å². The van der Waals surface area contributed by atoms with Crippen molar-refractivity contribution in [3.05, 3.63) is 65.4 Å². The van der Waals surface area contributed by atoms with Gasteiger partial charge in [-0.3, -0.25) is 0 Å². The number of hydrogen-bond acceptors (Lipinski definition) is 4. The number of rotatable bonds is 8. The molecule has 6 rings (SSSR count). The van der Waals surface area contributed by atoms with Crippen molar-refractivity contribution < 1.29 is 27.8 Å². The van der Waals surface area contributed by atoms with Crippen LogP contribution in [0.25, 0.3) is 43.7 Å². The number of carbonyl (C=O) groups excluding carboxylic acids is 1. The number of aryl methyl sites for hydroxylation is 1. The molecular formula is C30H27F3N2O3S. The molecule has 0 spiro atoms. The smallest absolute Gasteiger partial charge is 0.490 e. The highest BCUT2D eigenvalue weighted by atomic mass is 32.2. The molecular weight excluding hydrogens is 525 g/mol. The third-order valence-electron chi connectivity index (χ3n) is 7.36. The Morgan fingerprint density at radius 1 is 1.15 bits per heavy atom. The summed E-state index contributed by atoms with van der Waals surface area (Å²) in [6.07, 6.45) is -1.16. The Balaban J connectivity index is 1.53. The van der Waals surface area contributed by atoms with Crippen LogP contribution in [-0.4, -0.2) is 39.2 Å². The van der Waals surface area contributed by atoms with Crippen molar-refractivity contribution in [1.82, 2.24) is 9.55 Å². The fraction of sp³-hybridized carbons (Fsp3) is 0.300. The van der Waals surface area contributed by atoms with E-state index in [9.17, 15) is 23.1 Å². The first-order valence-corrected chi connectivity index (χ1v) is 14.1. The number of aromatic hydroxyl groups is 1. The topological polar surface area (TPSA) is 67.2 Å². The zero-order chi connectivity index (χ0) is 27.3. The van der Waals surface area contributed by atoms with Crippen LogP contribution in [-0.2, 0) is 28.2 Å². The molecule has 0 unspecified atom stereocenters. The third-order valence-corrected chi connectivity index (χ3v) is 8.59. The van der Waals surface area contributed by atoms with Gasteiger partial charge in [0.2, 0.25) is 0 Å². The van der Waals surface area contributed by atoms with Crippen molar-refractivity contribution in [1.29, 1.82) is 0 Å². The molecule has 202 valence electrons. The highest BCUT2D eigenvalue weighted by Gasteiger charge is 2.40. The quantitative estimate of drug-likeness (QED) is 0.150. The van der Waals surface area contributed by atoms with Gasteiger partial charge in [0.25, 0.3) is 0 Å². The molecule has 1 aliphatic carbocycles. The van der Waals surface area contributed by atoms with Crippen LogP contribution in [0.1, 0.15) is 36.5 Å². The van der Waals surface area contributed by atoms with Crippen molar-refractivity contribution >= 4 is 50.3 Å². The second-order valence-electron chi connectivity index (χ2n) is 9.88. The number of hydrogen-bond donors (Lipinski definition) is 2. The largest absolute Gasteiger partial charge is 0.494 e. The minimum atomic E-state index is -5.01. The molecule has 0 aliphatic heterocycles. The molecule has 5 nitrogen and oxygen atoms in total. The molecule has 3 aromatic carbocycles. The molecule has 0 saturated heterocycles. The number of esters is 1. The van der Waals surface area contributed by atoms with Crippen LogP contribution in [0.5, 0.6) is 5.88 Å². The Morgan fingerprint density at radius 2 is 1.97 bits per heavy atom. The van der Waals surface area contributed by atoms with Crippen LogP contribution in [0.2, 0.25) is 0 Å². The van der Waals surface area contributed by atoms with E-state index >= 15 is 0 Å². The number of H-pyrrole nitrogens is 1. The molecule has 2 heterocycles. The number of ether oxygens (including phenoxy) is 1. The first-order valence-electron chi connectivity index (χ1n) is 13.0. The number of carbonyl (C=O) groups is 1. The number of alkyl halides is 3. The van der Waals surface area contributed by atoms with Crippen LogP contribution in [0, 0.1) is 0 Å². The van der Waals surface area contributed by atoms with E-state index in [2.05, 4.69) is 51.5 Å². The Morgan fingerprint density at radius 3 is 2.77 bits per heavy atom. The molecule has 0 amide bonds. The summed E-state index contributed by atoms with van der Waals surface area (Å²) in [5.41, 5.74) is 7.45. The van der Waals surface area contributed by atoms with E-state index in [1.54, 1.807) is 0 Å². The van der Waals surface area contributed by atoms with Gasteiger partial charge < -0.3 is 19.4 Å². The molecule has 39 heavy (non-hydrogen) atoms. The monoisotopic (exact) mass is 552 g/mol. The van der Waals surface area contributed by atoms with Gasteiger partial charge in [-0.25, -0.2) is 4.79 Å². The SMILES string of the molecule is CCCSCc1ccc2c(c1)c1c3c[nH]c(O)c3c3c(c1n2CCCOC(=O)C(F)(F)F)Cc1ccccc1-3. The van der Waals surface area contributed by atoms with Gasteiger partial charge in [0.05, 0.1) is 17.5 Å². The molecule has 9 heteroatoms. The fourth-order valence-electron chi connectivity index (χ4n) is 5.82. The van der Waals surface area contributed by atoms with E-state index in [1.165, 1.54) is 5.56 Å². The molecule has 0 bridgehead atoms. The van der Waals surface area contributed by atoms with Gasteiger partial charge in [-0.05, 0) is 53.0 Å². The van der Waals surface area contributed by atoms with E-state index in [-0.39, 0.29) is 18.9 Å². The number of benzene rings is 3. The maximum absolute atomic E-state index is 12.6. The average Bonchev–Trinajstić information content (AvgIpc) is 3.57. The molecule has 2 N–H and O–H groups in total. The third kappa shape index (κ3) is 4.33. The average molecular weight is 553 g/mol. The van der Waals surface area contributed by atoms with Gasteiger partial charge in [0.15, 0.2) is 5.88 Å². The van der Waals surface area contributed by atoms with Crippen molar-refractivity contribution in [3.63, 3.8) is 0 Å². The van der Waals surface area contributed by atoms with Gasteiger partial charge in [0.1, 0.15) is 0 Å². The lowest BCUT2D eigenvalue weighted by Crippen LogP contribution is -2.26. The van der Waals surface area contributed by atoms with Crippen LogP contribution < -0.4 is 0 Å². The van der Waals surface area contributed by atoms with Gasteiger partial charge in [-0.2, -0.15) is 24.9 Å². The minimum absolute atomic E-state index is 0.120. The van der Waals surface area contributed by atoms with Crippen LogP contribution in [0.4, 0.5) is 13.2 Å². The van der Waals surface area contributed by atoms with Gasteiger partial charge in [-0.1, -0.05) is 37.3 Å². The van der Waals surface area contributed by atoms with Gasteiger partial charge in [-0.15, -0.1) is 0 Å². The standard InChI is InChI=1S/C30H27F3N2O3S/c1-2-12-39-16-17-8-9-23-20(13-17)25-22-15-34-28(36)26(22)24-19-7-4-3-6-18(19)14-21(24)27(25)35(23)10-5-11-38-29(37)30(31,32)33/h3-4,6-9,13,15,34,36H,2,5,10-12,14,16H2,1H3. The molecule has 0 atom stereocenters. The summed E-state index contributed by atoms with van der Waals surface area (Å²) >= 11 is 1.87. The second-order valence-corrected chi connectivity index (χ2v) is 11.0. The molecule has 0 fully saturated rings. The zero-order valence-electron chi connectivity index (χ0n) is 21.3. The van der Waals surface area contributed by atoms with Crippen LogP contribution in [0.15, 0.2) is 48.7 Å². The number of nitrogens with one attached hydrogen (secondary N) is 1. The maximum atomic E-state index is 12.6. The number of nitrogens with zero attached hydrogens (tertiary/aromatic N) is 1. The lowest BCUT2D eigenvalue weighted by Gasteiger charge is -2.13. The number of halogens is 3. The summed E-state index contributed by atoms with van der Waals surface area (Å²) in [5.74, 6) is -0.103. The number of thioether (sulfide) groups is 1. The van der Waals surface area contributed by atoms with E-state index in [1.807, 2.05) is 30.1 Å². The first-order chi connectivity index (χ1) is 18.8. The highest BCUT2D eigenvalue weighted by Crippen LogP contribution is 2.50. The summed E-state index contributed by atoms with van der Waals surface area (Å²) in [7, 11) is 0. The van der Waals surface area contributed by atoms with Gasteiger partial charge in [0, 0.05) is 52.2 Å². The summed E-state index contributed by atoms with van der Waals surface area (Å²) in [6.45, 7) is 2.20. The van der Waals surface area contributed by atoms with Crippen molar-refractivity contribution in [2.24, 2.45) is 0 Å². The maximum Gasteiger partial charge on any atom is 0.490 e. The Labute approximate surface area is 226 Å². The second kappa shape index (κ2) is 9.86. The lowest BCUT2D eigenvalue weighted by atomic mass is 9.96. The Bertz CT molecular complexity index is 1740. The molecule has 5 aromatic rings. The van der Waals surface area contributed by atoms with E-state index < -0.39 is 12.1 Å². The van der Waals surface area contributed by atoms with Crippen molar-refractivity contribution in [2.75, 3.05) is 12.4 Å². The van der Waals surface area contributed by atoms with E-state index in [4.69, 9.17) is 0 Å². The molecule has 0 radical (unpaired) electrons. The fourth-order valence-corrected chi connectivity index (χ4v) is 6.67. The van der Waals surface area contributed by atoms with Crippen LogP contribution in [0.3, 0.4) is 0 Å². The highest BCUT2D eigenvalue weighted by molar-refractivity contribution is 7.98. The number of aromatic nitrogens is 2. The van der Waals surface area contributed by atoms with E-state index in [0.717, 1.165) is 72.8 Å². The first kappa shape index (κ1) is 25.7. The van der Waals surface area contributed by atoms with Gasteiger partial charge >= 0.3 is 12.1 Å². The van der Waals surface area contributed by atoms with Crippen molar-refractivity contribution in [3.8, 4) is 17.0 Å². The molecule has 1 aliphatic rings. The predicted octanol–water partition coefficient (Wildman–Crippen LogP) is 7.69. The molecule has 2 aromatic heterocycles. The minimum Gasteiger partial charge on any atom is -0.494 e. The Kier molecular flexibility index (Phi) is 6.49. The zero-order valence-corrected chi connectivity index (χ0v) is 22.1. The number of aromatic amines is 1. The summed E-state index contributed by atoms with van der Waals surface area (Å²) < 4.78 is 44.6. The predicted molar refractivity (Wildman–Crippen MR) is 149 cm³/mol. The van der Waals surface area contributed by atoms with Crippen LogP contribution >= 0.6 is 11.8 Å². The molecule has 0 saturated carbocycles. The summed E-state index contributed by atoms with van der Waals surface area (Å²) in [6, 6.07) is 14.5. The normalized spacial score (nSPS) is 12.9. The van der Waals surface area contributed by atoms with Crippen molar-refractivity contribution in [2.45, 2.75) is 44.7 Å². The summed E-state index contributed by atoms with van der Waals surface area (Å²) in [5, 5.41) is 14.7. The number of fused-ring (bicyclic) bond motifs is 10. The lowest BCUT2D eigenvalue weighted by molar-refractivity contribution is -0.199. The Hall–Kier alpha value is -3.59. The summed E-state index contributed by atoms with van der Waals surface area (Å²) in [4.78, 5) is 14.3.